The van der Waals surface area contributed by atoms with Crippen molar-refractivity contribution in [3.8, 4) is 0 Å². The highest BCUT2D eigenvalue weighted by molar-refractivity contribution is 5.91. The largest absolute Gasteiger partial charge is 0.481 e. The van der Waals surface area contributed by atoms with Gasteiger partial charge in [-0.15, -0.1) is 0 Å². The van der Waals surface area contributed by atoms with E-state index in [1.807, 2.05) is 24.5 Å². The van der Waals surface area contributed by atoms with Gasteiger partial charge in [0.1, 0.15) is 0 Å². The molecule has 0 heterocycles. The van der Waals surface area contributed by atoms with Gasteiger partial charge in [0.05, 0.1) is 19.6 Å². The van der Waals surface area contributed by atoms with Gasteiger partial charge in [0, 0.05) is 0 Å². The molecule has 0 bridgehead atoms. The molecule has 0 aromatic rings. The first-order valence-corrected chi connectivity index (χ1v) is 7.62. The molecule has 0 aliphatic rings. The van der Waals surface area contributed by atoms with E-state index in [4.69, 9.17) is 14.6 Å². The third-order valence-corrected chi connectivity index (χ3v) is 2.87. The van der Waals surface area contributed by atoms with Crippen LogP contribution in [0.15, 0.2) is 0 Å². The first-order chi connectivity index (χ1) is 11.3. The van der Waals surface area contributed by atoms with E-state index in [-0.39, 0.29) is 13.2 Å². The Kier molecular flexibility index (Phi) is 9.92. The number of hydrogen-bond acceptors (Lipinski definition) is 6. The molecule has 0 fully saturated rings. The molecule has 2 amide bonds. The molecule has 0 rings (SSSR count). The van der Waals surface area contributed by atoms with Crippen LogP contribution in [0.5, 0.6) is 0 Å². The summed E-state index contributed by atoms with van der Waals surface area (Å²) in [5.74, 6) is -3.30. The maximum absolute atomic E-state index is 11.7. The van der Waals surface area contributed by atoms with Crippen LogP contribution in [0.2, 0.25) is 0 Å². The summed E-state index contributed by atoms with van der Waals surface area (Å²) in [4.78, 5) is 45.8. The fourth-order valence-corrected chi connectivity index (χ4v) is 1.57. The molecule has 0 saturated heterocycles. The van der Waals surface area contributed by atoms with E-state index in [0.29, 0.717) is 12.8 Å². The van der Waals surface area contributed by atoms with Crippen molar-refractivity contribution >= 4 is 24.1 Å². The lowest BCUT2D eigenvalue weighted by Crippen LogP contribution is -2.66. The lowest BCUT2D eigenvalue weighted by Gasteiger charge is -2.29. The van der Waals surface area contributed by atoms with E-state index in [9.17, 15) is 24.3 Å². The quantitative estimate of drug-likeness (QED) is 0.322. The number of nitrogens with one attached hydrogen (secondary N) is 2. The molecule has 24 heavy (non-hydrogen) atoms. The minimum absolute atomic E-state index is 0.0338. The summed E-state index contributed by atoms with van der Waals surface area (Å²) in [7, 11) is 0. The predicted octanol–water partition coefficient (Wildman–Crippen LogP) is 1.29. The molecular weight excluding hydrogens is 324 g/mol. The smallest absolute Gasteiger partial charge is 0.409 e. The summed E-state index contributed by atoms with van der Waals surface area (Å²) in [5, 5.41) is 22.0. The van der Waals surface area contributed by atoms with Gasteiger partial charge in [0.2, 0.25) is 5.66 Å². The van der Waals surface area contributed by atoms with Crippen molar-refractivity contribution in [3.05, 3.63) is 0 Å². The van der Waals surface area contributed by atoms with Gasteiger partial charge in [0.25, 0.3) is 0 Å². The van der Waals surface area contributed by atoms with Gasteiger partial charge in [-0.2, -0.15) is 0 Å². The fourth-order valence-electron chi connectivity index (χ4n) is 1.57. The van der Waals surface area contributed by atoms with Gasteiger partial charge in [0.15, 0.2) is 0 Å². The van der Waals surface area contributed by atoms with Gasteiger partial charge in [-0.05, 0) is 12.8 Å². The number of aliphatic carboxylic acids is 2. The summed E-state index contributed by atoms with van der Waals surface area (Å²) in [5.41, 5.74) is -2.57. The molecule has 0 aromatic heterocycles. The van der Waals surface area contributed by atoms with E-state index in [0.717, 1.165) is 12.8 Å². The molecule has 0 unspecified atom stereocenters. The van der Waals surface area contributed by atoms with Gasteiger partial charge in [-0.3, -0.25) is 15.4 Å². The van der Waals surface area contributed by atoms with Crippen molar-refractivity contribution in [2.24, 2.45) is 0 Å². The number of amides is 2. The molecule has 138 valence electrons. The van der Waals surface area contributed by atoms with E-state index >= 15 is 0 Å². The minimum Gasteiger partial charge on any atom is -0.481 e. The third-order valence-electron chi connectivity index (χ3n) is 2.87. The van der Waals surface area contributed by atoms with Crippen LogP contribution in [0.1, 0.15) is 46.0 Å². The Bertz CT molecular complexity index is 428. The van der Waals surface area contributed by atoms with Crippen molar-refractivity contribution in [1.82, 2.24) is 10.6 Å². The first kappa shape index (κ1) is 21.5. The van der Waals surface area contributed by atoms with E-state index in [2.05, 4.69) is 0 Å². The fraction of sp³-hybridized carbons (Fsp3) is 0.714. The van der Waals surface area contributed by atoms with Crippen molar-refractivity contribution in [3.63, 3.8) is 0 Å². The van der Waals surface area contributed by atoms with Crippen molar-refractivity contribution in [2.45, 2.75) is 51.6 Å². The Morgan fingerprint density at radius 2 is 1.29 bits per heavy atom. The number of carbonyl (C=O) groups is 4. The molecule has 4 N–H and O–H groups in total. The summed E-state index contributed by atoms with van der Waals surface area (Å²) < 4.78 is 9.50. The molecular formula is C14H24N2O8. The predicted molar refractivity (Wildman–Crippen MR) is 81.4 cm³/mol. The highest BCUT2D eigenvalue weighted by Gasteiger charge is 2.45. The zero-order chi connectivity index (χ0) is 18.6. The Hall–Kier alpha value is -2.52. The highest BCUT2D eigenvalue weighted by atomic mass is 16.6. The summed E-state index contributed by atoms with van der Waals surface area (Å²) in [6, 6.07) is 0. The van der Waals surface area contributed by atoms with Crippen LogP contribution in [-0.2, 0) is 19.1 Å². The average molecular weight is 348 g/mol. The van der Waals surface area contributed by atoms with Gasteiger partial charge in [-0.1, -0.05) is 26.7 Å². The second-order valence-corrected chi connectivity index (χ2v) is 5.01. The monoisotopic (exact) mass is 348 g/mol. The number of unbranched alkanes of at least 4 members (excludes halogenated alkanes) is 2. The molecule has 10 nitrogen and oxygen atoms in total. The number of carboxylic acids is 2. The lowest BCUT2D eigenvalue weighted by atomic mass is 10.1. The Morgan fingerprint density at radius 3 is 1.58 bits per heavy atom. The number of hydrogen-bond donors (Lipinski definition) is 4. The maximum Gasteiger partial charge on any atom is 0.409 e. The van der Waals surface area contributed by atoms with Crippen LogP contribution in [0, 0.1) is 0 Å². The normalized spacial score (nSPS) is 10.6. The summed E-state index contributed by atoms with van der Waals surface area (Å²) in [6.45, 7) is 3.79. The van der Waals surface area contributed by atoms with E-state index < -0.39 is 36.2 Å². The average Bonchev–Trinajstić information content (AvgIpc) is 2.46. The zero-order valence-electron chi connectivity index (χ0n) is 13.8. The van der Waals surface area contributed by atoms with E-state index in [1.54, 1.807) is 0 Å². The molecule has 0 spiro atoms. The molecule has 0 atom stereocenters. The third kappa shape index (κ3) is 8.20. The number of alkyl carbamates (subject to hydrolysis) is 2. The molecule has 0 radical (unpaired) electrons. The highest BCUT2D eigenvalue weighted by Crippen LogP contribution is 2.09. The molecule has 0 aromatic carbocycles. The van der Waals surface area contributed by atoms with Gasteiger partial charge < -0.3 is 19.7 Å². The van der Waals surface area contributed by atoms with Crippen molar-refractivity contribution in [1.29, 1.82) is 0 Å². The van der Waals surface area contributed by atoms with Gasteiger partial charge >= 0.3 is 24.1 Å². The standard InChI is InChI=1S/C14H24N2O8/c1-3-5-7-23-12(21)15-14(11(19)20,9-10(17)18)16-13(22)24-8-6-4-2/h3-9H2,1-2H3,(H,15,21)(H,16,22)(H,17,18)(H,19,20). The van der Waals surface area contributed by atoms with Crippen LogP contribution in [0.3, 0.4) is 0 Å². The molecule has 0 aliphatic carbocycles. The molecule has 0 aliphatic heterocycles. The van der Waals surface area contributed by atoms with Gasteiger partial charge in [-0.25, -0.2) is 14.4 Å². The SMILES string of the molecule is CCCCOC(=O)NC(CC(=O)O)(NC(=O)OCCCC)C(=O)O. The molecule has 10 heteroatoms. The number of rotatable bonds is 11. The van der Waals surface area contributed by atoms with Crippen LogP contribution in [0.4, 0.5) is 9.59 Å². The number of carbonyl (C=O) groups excluding carboxylic acids is 2. The number of ether oxygens (including phenoxy) is 2. The van der Waals surface area contributed by atoms with Crippen LogP contribution < -0.4 is 10.6 Å². The Morgan fingerprint density at radius 1 is 0.875 bits per heavy atom. The minimum atomic E-state index is -2.57. The summed E-state index contributed by atoms with van der Waals surface area (Å²) in [6.07, 6.45) is -0.795. The Labute approximate surface area is 139 Å². The zero-order valence-corrected chi connectivity index (χ0v) is 13.8. The Balaban J connectivity index is 5.04. The first-order valence-electron chi connectivity index (χ1n) is 7.62. The maximum atomic E-state index is 11.7. The van der Waals surface area contributed by atoms with Crippen LogP contribution >= 0.6 is 0 Å². The second kappa shape index (κ2) is 11.1. The van der Waals surface area contributed by atoms with Crippen LogP contribution in [-0.4, -0.2) is 53.2 Å². The topological polar surface area (TPSA) is 151 Å². The molecule has 0 saturated carbocycles. The lowest BCUT2D eigenvalue weighted by molar-refractivity contribution is -0.152. The van der Waals surface area contributed by atoms with E-state index in [1.165, 1.54) is 0 Å². The number of carboxylic acid groups (broad SMARTS) is 2. The second-order valence-electron chi connectivity index (χ2n) is 5.01. The van der Waals surface area contributed by atoms with Crippen molar-refractivity contribution in [2.75, 3.05) is 13.2 Å². The van der Waals surface area contributed by atoms with Crippen LogP contribution in [0.25, 0.3) is 0 Å². The summed E-state index contributed by atoms with van der Waals surface area (Å²) >= 11 is 0. The van der Waals surface area contributed by atoms with Crippen molar-refractivity contribution < 1.29 is 38.9 Å².